The minimum absolute atomic E-state index is 0.117. The number of benzene rings is 1. The number of nitrogens with zero attached hydrogens (tertiary/aromatic N) is 1. The lowest BCUT2D eigenvalue weighted by Gasteiger charge is -2.16. The molecule has 1 aromatic rings. The number of rotatable bonds is 3. The molecule has 1 aliphatic rings. The number of hydrogen-bond donors (Lipinski definition) is 0. The maximum absolute atomic E-state index is 12.4. The van der Waals surface area contributed by atoms with Crippen LogP contribution >= 0.6 is 0 Å². The van der Waals surface area contributed by atoms with E-state index < -0.39 is 5.54 Å². The zero-order valence-electron chi connectivity index (χ0n) is 11.3. The van der Waals surface area contributed by atoms with E-state index in [0.29, 0.717) is 24.3 Å². The zero-order valence-corrected chi connectivity index (χ0v) is 11.3. The molecule has 0 bridgehead atoms. The van der Waals surface area contributed by atoms with Gasteiger partial charge in [-0.15, -0.1) is 0 Å². The molecule has 4 heteroatoms. The van der Waals surface area contributed by atoms with Gasteiger partial charge < -0.3 is 9.84 Å². The molecule has 0 unspecified atom stereocenters. The predicted molar refractivity (Wildman–Crippen MR) is 69.8 cm³/mol. The first kappa shape index (κ1) is 13.3. The van der Waals surface area contributed by atoms with Gasteiger partial charge in [0, 0.05) is 19.4 Å². The summed E-state index contributed by atoms with van der Waals surface area (Å²) in [6.45, 7) is 6.09. The first-order valence-corrected chi connectivity index (χ1v) is 6.16. The van der Waals surface area contributed by atoms with E-state index in [-0.39, 0.29) is 11.5 Å². The molecule has 19 heavy (non-hydrogen) atoms. The number of ether oxygens (including phenoxy) is 1. The van der Waals surface area contributed by atoms with E-state index in [0.717, 1.165) is 0 Å². The fraction of sp³-hybridized carbons (Fsp3) is 0.333. The van der Waals surface area contributed by atoms with Crippen molar-refractivity contribution < 1.29 is 19.2 Å². The fourth-order valence-electron chi connectivity index (χ4n) is 2.28. The maximum atomic E-state index is 12.4. The standard InChI is InChI=1S/C15H17NO3/c1-11-16(15(2,3)10-19-11)13(9-17)14(18)12-7-5-4-6-8-12/h4-9H,10H2,1-3H3. The van der Waals surface area contributed by atoms with Gasteiger partial charge in [0.2, 0.25) is 5.70 Å². The first-order chi connectivity index (χ1) is 8.97. The van der Waals surface area contributed by atoms with Crippen LogP contribution in [-0.2, 0) is 4.74 Å². The van der Waals surface area contributed by atoms with E-state index in [1.54, 1.807) is 35.8 Å². The largest absolute Gasteiger partial charge is 0.873 e. The van der Waals surface area contributed by atoms with Gasteiger partial charge in [0.05, 0.1) is 6.92 Å². The highest BCUT2D eigenvalue weighted by molar-refractivity contribution is 6.07. The van der Waals surface area contributed by atoms with Crippen LogP contribution in [0.15, 0.2) is 42.3 Å². The summed E-state index contributed by atoms with van der Waals surface area (Å²) in [7, 11) is 0. The highest BCUT2D eigenvalue weighted by atomic mass is 16.5. The second-order valence-electron chi connectivity index (χ2n) is 5.15. The minimum atomic E-state index is -0.398. The van der Waals surface area contributed by atoms with Crippen LogP contribution in [0.5, 0.6) is 0 Å². The van der Waals surface area contributed by atoms with Gasteiger partial charge in [-0.25, -0.2) is 0 Å². The van der Waals surface area contributed by atoms with Crippen molar-refractivity contribution >= 4 is 11.7 Å². The smallest absolute Gasteiger partial charge is 0.339 e. The minimum Gasteiger partial charge on any atom is -0.873 e. The summed E-state index contributed by atoms with van der Waals surface area (Å²) < 4.78 is 7.14. The van der Waals surface area contributed by atoms with Gasteiger partial charge in [-0.05, 0) is 0 Å². The Morgan fingerprint density at radius 1 is 1.37 bits per heavy atom. The Balaban J connectivity index is 2.43. The SMILES string of the molecule is CC1=[N+](/C(=C/[O-])C(=O)c2ccccc2)C(C)(C)CO1. The lowest BCUT2D eigenvalue weighted by atomic mass is 10.0. The molecule has 1 aromatic carbocycles. The van der Waals surface area contributed by atoms with Crippen molar-refractivity contribution in [2.45, 2.75) is 26.3 Å². The van der Waals surface area contributed by atoms with Crippen LogP contribution in [0.1, 0.15) is 31.1 Å². The second kappa shape index (κ2) is 4.88. The zero-order chi connectivity index (χ0) is 14.0. The normalized spacial score (nSPS) is 18.4. The summed E-state index contributed by atoms with van der Waals surface area (Å²) in [6.07, 6.45) is 0.606. The third-order valence-corrected chi connectivity index (χ3v) is 3.18. The third kappa shape index (κ3) is 2.38. The van der Waals surface area contributed by atoms with Gasteiger partial charge >= 0.3 is 5.90 Å². The van der Waals surface area contributed by atoms with E-state index >= 15 is 0 Å². The van der Waals surface area contributed by atoms with Crippen molar-refractivity contribution in [3.63, 3.8) is 0 Å². The Morgan fingerprint density at radius 2 is 2.00 bits per heavy atom. The lowest BCUT2D eigenvalue weighted by Crippen LogP contribution is -2.38. The Kier molecular flexibility index (Phi) is 3.42. The van der Waals surface area contributed by atoms with Crippen LogP contribution in [0.3, 0.4) is 0 Å². The summed E-state index contributed by atoms with van der Waals surface area (Å²) in [5.74, 6) is 0.296. The molecular weight excluding hydrogens is 242 g/mol. The highest BCUT2D eigenvalue weighted by Gasteiger charge is 2.44. The molecule has 1 heterocycles. The quantitative estimate of drug-likeness (QED) is 0.356. The van der Waals surface area contributed by atoms with Crippen LogP contribution in [0.2, 0.25) is 0 Å². The first-order valence-electron chi connectivity index (χ1n) is 6.16. The van der Waals surface area contributed by atoms with Gasteiger partial charge in [0.15, 0.2) is 12.1 Å². The van der Waals surface area contributed by atoms with Gasteiger partial charge in [0.25, 0.3) is 5.78 Å². The molecule has 0 amide bonds. The average Bonchev–Trinajstić information content (AvgIpc) is 2.67. The molecule has 0 radical (unpaired) electrons. The number of carbonyl (C=O) groups is 1. The predicted octanol–water partition coefficient (Wildman–Crippen LogP) is 1.31. The lowest BCUT2D eigenvalue weighted by molar-refractivity contribution is -0.543. The highest BCUT2D eigenvalue weighted by Crippen LogP contribution is 2.23. The van der Waals surface area contributed by atoms with Crippen molar-refractivity contribution in [3.05, 3.63) is 47.9 Å². The summed E-state index contributed by atoms with van der Waals surface area (Å²) in [4.78, 5) is 12.4. The molecule has 0 N–H and O–H groups in total. The van der Waals surface area contributed by atoms with Gasteiger partial charge in [-0.1, -0.05) is 36.6 Å². The molecule has 4 nitrogen and oxygen atoms in total. The monoisotopic (exact) mass is 259 g/mol. The Labute approximate surface area is 112 Å². The van der Waals surface area contributed by atoms with Crippen LogP contribution in [0.25, 0.3) is 0 Å². The van der Waals surface area contributed by atoms with Crippen molar-refractivity contribution in [3.8, 4) is 0 Å². The number of Topliss-reactive ketones (excluding diaryl/α,β-unsaturated/α-hetero) is 1. The Hall–Kier alpha value is -2.10. The molecule has 0 fully saturated rings. The molecular formula is C15H17NO3. The average molecular weight is 259 g/mol. The summed E-state index contributed by atoms with van der Waals surface area (Å²) in [5, 5.41) is 11.4. The molecule has 0 atom stereocenters. The van der Waals surface area contributed by atoms with Crippen LogP contribution in [0, 0.1) is 0 Å². The molecule has 0 aromatic heterocycles. The Bertz CT molecular complexity index is 556. The van der Waals surface area contributed by atoms with E-state index in [1.807, 2.05) is 19.9 Å². The van der Waals surface area contributed by atoms with Crippen LogP contribution in [0.4, 0.5) is 0 Å². The van der Waals surface area contributed by atoms with E-state index in [4.69, 9.17) is 4.74 Å². The topological polar surface area (TPSA) is 52.4 Å². The molecule has 100 valence electrons. The van der Waals surface area contributed by atoms with E-state index in [1.165, 1.54) is 0 Å². The Morgan fingerprint density at radius 3 is 2.47 bits per heavy atom. The summed E-state index contributed by atoms with van der Waals surface area (Å²) in [5.41, 5.74) is 0.219. The number of carbonyl (C=O) groups excluding carboxylic acids is 1. The molecule has 1 aliphatic heterocycles. The van der Waals surface area contributed by atoms with E-state index in [9.17, 15) is 9.90 Å². The van der Waals surface area contributed by atoms with Crippen molar-refractivity contribution in [1.29, 1.82) is 0 Å². The van der Waals surface area contributed by atoms with E-state index in [2.05, 4.69) is 0 Å². The molecule has 2 rings (SSSR count). The maximum Gasteiger partial charge on any atom is 0.339 e. The summed E-state index contributed by atoms with van der Waals surface area (Å²) in [6, 6.07) is 8.78. The molecule has 0 aliphatic carbocycles. The molecule has 0 saturated carbocycles. The third-order valence-electron chi connectivity index (χ3n) is 3.18. The van der Waals surface area contributed by atoms with Crippen molar-refractivity contribution in [2.75, 3.05) is 6.61 Å². The number of allylic oxidation sites excluding steroid dienone is 1. The summed E-state index contributed by atoms with van der Waals surface area (Å²) >= 11 is 0. The molecule has 0 saturated heterocycles. The fourth-order valence-corrected chi connectivity index (χ4v) is 2.28. The molecule has 0 spiro atoms. The van der Waals surface area contributed by atoms with Crippen LogP contribution < -0.4 is 5.11 Å². The van der Waals surface area contributed by atoms with Gasteiger partial charge in [0.1, 0.15) is 0 Å². The number of hydrogen-bond acceptors (Lipinski definition) is 3. The van der Waals surface area contributed by atoms with Gasteiger partial charge in [-0.2, -0.15) is 4.58 Å². The van der Waals surface area contributed by atoms with Crippen LogP contribution in [-0.4, -0.2) is 28.4 Å². The van der Waals surface area contributed by atoms with Crippen molar-refractivity contribution in [1.82, 2.24) is 0 Å². The van der Waals surface area contributed by atoms with Crippen molar-refractivity contribution in [2.24, 2.45) is 0 Å². The van der Waals surface area contributed by atoms with Gasteiger partial charge in [-0.3, -0.25) is 4.79 Å². The second-order valence-corrected chi connectivity index (χ2v) is 5.15. The number of ketones is 1.